The predicted octanol–water partition coefficient (Wildman–Crippen LogP) is 1.86. The SMILES string of the molecule is CCOc1ccccc1C(=O)OCCN1CCCC1=O. The molecule has 0 radical (unpaired) electrons. The quantitative estimate of drug-likeness (QED) is 0.745. The first-order valence-electron chi connectivity index (χ1n) is 6.89. The summed E-state index contributed by atoms with van der Waals surface area (Å²) in [5.74, 6) is 0.244. The third-order valence-electron chi connectivity index (χ3n) is 3.17. The van der Waals surface area contributed by atoms with Crippen LogP contribution in [0.4, 0.5) is 0 Å². The second kappa shape index (κ2) is 6.93. The lowest BCUT2D eigenvalue weighted by atomic mass is 10.2. The zero-order valence-electron chi connectivity index (χ0n) is 11.6. The average molecular weight is 277 g/mol. The van der Waals surface area contributed by atoms with Gasteiger partial charge in [0.25, 0.3) is 0 Å². The number of carbonyl (C=O) groups is 2. The molecule has 0 unspecified atom stereocenters. The fourth-order valence-electron chi connectivity index (χ4n) is 2.18. The van der Waals surface area contributed by atoms with Crippen molar-refractivity contribution >= 4 is 11.9 Å². The Morgan fingerprint density at radius 2 is 2.15 bits per heavy atom. The van der Waals surface area contributed by atoms with E-state index >= 15 is 0 Å². The highest BCUT2D eigenvalue weighted by atomic mass is 16.5. The molecule has 0 aliphatic carbocycles. The molecule has 1 aliphatic heterocycles. The van der Waals surface area contributed by atoms with Crippen molar-refractivity contribution in [1.29, 1.82) is 0 Å². The molecule has 5 nitrogen and oxygen atoms in total. The third kappa shape index (κ3) is 3.50. The van der Waals surface area contributed by atoms with Crippen LogP contribution in [0.5, 0.6) is 5.75 Å². The topological polar surface area (TPSA) is 55.8 Å². The van der Waals surface area contributed by atoms with Crippen LogP contribution in [0.1, 0.15) is 30.1 Å². The Labute approximate surface area is 118 Å². The standard InChI is InChI=1S/C15H19NO4/c1-2-19-13-7-4-3-6-12(13)15(18)20-11-10-16-9-5-8-14(16)17/h3-4,6-7H,2,5,8-11H2,1H3. The van der Waals surface area contributed by atoms with Crippen molar-refractivity contribution in [3.05, 3.63) is 29.8 Å². The molecule has 1 fully saturated rings. The summed E-state index contributed by atoms with van der Waals surface area (Å²) in [5, 5.41) is 0. The lowest BCUT2D eigenvalue weighted by Crippen LogP contribution is -2.29. The Balaban J connectivity index is 1.87. The molecule has 0 atom stereocenters. The normalized spacial score (nSPS) is 14.4. The molecule has 0 saturated carbocycles. The van der Waals surface area contributed by atoms with E-state index < -0.39 is 5.97 Å². The number of rotatable bonds is 6. The maximum atomic E-state index is 12.0. The molecule has 5 heteroatoms. The lowest BCUT2D eigenvalue weighted by Gasteiger charge is -2.15. The Kier molecular flexibility index (Phi) is 4.98. The first kappa shape index (κ1) is 14.4. The number of hydrogen-bond donors (Lipinski definition) is 0. The Morgan fingerprint density at radius 1 is 1.35 bits per heavy atom. The molecule has 1 saturated heterocycles. The van der Waals surface area contributed by atoms with Gasteiger partial charge in [-0.3, -0.25) is 4.79 Å². The Bertz CT molecular complexity index is 487. The molecule has 0 bridgehead atoms. The average Bonchev–Trinajstić information content (AvgIpc) is 2.85. The van der Waals surface area contributed by atoms with Crippen LogP contribution in [0.3, 0.4) is 0 Å². The van der Waals surface area contributed by atoms with Gasteiger partial charge >= 0.3 is 5.97 Å². The van der Waals surface area contributed by atoms with Crippen LogP contribution in [0, 0.1) is 0 Å². The van der Waals surface area contributed by atoms with Crippen molar-refractivity contribution in [2.24, 2.45) is 0 Å². The highest BCUT2D eigenvalue weighted by molar-refractivity contribution is 5.92. The van der Waals surface area contributed by atoms with Crippen LogP contribution in [0.25, 0.3) is 0 Å². The van der Waals surface area contributed by atoms with Gasteiger partial charge in [-0.25, -0.2) is 4.79 Å². The van der Waals surface area contributed by atoms with Crippen molar-refractivity contribution in [1.82, 2.24) is 4.90 Å². The van der Waals surface area contributed by atoms with E-state index in [1.807, 2.05) is 13.0 Å². The van der Waals surface area contributed by atoms with Gasteiger partial charge in [0.05, 0.1) is 13.2 Å². The van der Waals surface area contributed by atoms with Gasteiger partial charge in [0.2, 0.25) is 5.91 Å². The number of benzene rings is 1. The summed E-state index contributed by atoms with van der Waals surface area (Å²) < 4.78 is 10.6. The van der Waals surface area contributed by atoms with E-state index in [9.17, 15) is 9.59 Å². The van der Waals surface area contributed by atoms with Crippen LogP contribution in [-0.4, -0.2) is 43.1 Å². The number of para-hydroxylation sites is 1. The first-order chi connectivity index (χ1) is 9.72. The van der Waals surface area contributed by atoms with Crippen LogP contribution in [0.2, 0.25) is 0 Å². The number of nitrogens with zero attached hydrogens (tertiary/aromatic N) is 1. The monoisotopic (exact) mass is 277 g/mol. The smallest absolute Gasteiger partial charge is 0.341 e. The number of likely N-dealkylation sites (tertiary alicyclic amines) is 1. The van der Waals surface area contributed by atoms with Crippen LogP contribution in [-0.2, 0) is 9.53 Å². The molecule has 1 heterocycles. The molecule has 0 aromatic heterocycles. The summed E-state index contributed by atoms with van der Waals surface area (Å²) in [5.41, 5.74) is 0.419. The van der Waals surface area contributed by atoms with Crippen molar-refractivity contribution in [2.45, 2.75) is 19.8 Å². The summed E-state index contributed by atoms with van der Waals surface area (Å²) in [6, 6.07) is 6.99. The molecule has 1 aromatic carbocycles. The summed E-state index contributed by atoms with van der Waals surface area (Å²) in [6.07, 6.45) is 1.49. The fraction of sp³-hybridized carbons (Fsp3) is 0.467. The van der Waals surface area contributed by atoms with Gasteiger partial charge in [0.1, 0.15) is 17.9 Å². The van der Waals surface area contributed by atoms with E-state index in [1.165, 1.54) is 0 Å². The highest BCUT2D eigenvalue weighted by Gasteiger charge is 2.20. The van der Waals surface area contributed by atoms with Gasteiger partial charge in [-0.2, -0.15) is 0 Å². The number of amides is 1. The summed E-state index contributed by atoms with van der Waals surface area (Å²) >= 11 is 0. The van der Waals surface area contributed by atoms with E-state index in [0.29, 0.717) is 30.9 Å². The molecule has 2 rings (SSSR count). The number of carbonyl (C=O) groups excluding carboxylic acids is 2. The molecular weight excluding hydrogens is 258 g/mol. The molecule has 20 heavy (non-hydrogen) atoms. The van der Waals surface area contributed by atoms with E-state index in [4.69, 9.17) is 9.47 Å². The second-order valence-corrected chi connectivity index (χ2v) is 4.55. The van der Waals surface area contributed by atoms with E-state index in [2.05, 4.69) is 0 Å². The Morgan fingerprint density at radius 3 is 2.85 bits per heavy atom. The van der Waals surface area contributed by atoms with Gasteiger partial charge < -0.3 is 14.4 Å². The largest absolute Gasteiger partial charge is 0.493 e. The molecule has 1 aliphatic rings. The molecule has 0 N–H and O–H groups in total. The lowest BCUT2D eigenvalue weighted by molar-refractivity contribution is -0.128. The van der Waals surface area contributed by atoms with Gasteiger partial charge in [-0.15, -0.1) is 0 Å². The van der Waals surface area contributed by atoms with Gasteiger partial charge in [0, 0.05) is 13.0 Å². The summed E-state index contributed by atoms with van der Waals surface area (Å²) in [7, 11) is 0. The minimum absolute atomic E-state index is 0.135. The maximum Gasteiger partial charge on any atom is 0.341 e. The molecule has 1 aromatic rings. The summed E-state index contributed by atoms with van der Waals surface area (Å²) in [6.45, 7) is 3.78. The zero-order chi connectivity index (χ0) is 14.4. The van der Waals surface area contributed by atoms with Crippen molar-refractivity contribution < 1.29 is 19.1 Å². The minimum atomic E-state index is -0.416. The molecular formula is C15H19NO4. The van der Waals surface area contributed by atoms with Gasteiger partial charge in [-0.1, -0.05) is 12.1 Å². The third-order valence-corrected chi connectivity index (χ3v) is 3.17. The van der Waals surface area contributed by atoms with Gasteiger partial charge in [-0.05, 0) is 25.5 Å². The molecule has 1 amide bonds. The van der Waals surface area contributed by atoms with Crippen LogP contribution in [0.15, 0.2) is 24.3 Å². The zero-order valence-corrected chi connectivity index (χ0v) is 11.6. The minimum Gasteiger partial charge on any atom is -0.493 e. The van der Waals surface area contributed by atoms with E-state index in [-0.39, 0.29) is 12.5 Å². The van der Waals surface area contributed by atoms with E-state index in [1.54, 1.807) is 23.1 Å². The van der Waals surface area contributed by atoms with Gasteiger partial charge in [0.15, 0.2) is 0 Å². The van der Waals surface area contributed by atoms with Crippen molar-refractivity contribution in [2.75, 3.05) is 26.3 Å². The molecule has 108 valence electrons. The van der Waals surface area contributed by atoms with E-state index in [0.717, 1.165) is 13.0 Å². The van der Waals surface area contributed by atoms with Crippen molar-refractivity contribution in [3.63, 3.8) is 0 Å². The maximum absolute atomic E-state index is 12.0. The Hall–Kier alpha value is -2.04. The number of ether oxygens (including phenoxy) is 2. The van der Waals surface area contributed by atoms with Crippen LogP contribution >= 0.6 is 0 Å². The first-order valence-corrected chi connectivity index (χ1v) is 6.89. The number of hydrogen-bond acceptors (Lipinski definition) is 4. The predicted molar refractivity (Wildman–Crippen MR) is 73.7 cm³/mol. The number of esters is 1. The highest BCUT2D eigenvalue weighted by Crippen LogP contribution is 2.19. The van der Waals surface area contributed by atoms with Crippen molar-refractivity contribution in [3.8, 4) is 5.75 Å². The van der Waals surface area contributed by atoms with Crippen LogP contribution < -0.4 is 4.74 Å². The summed E-state index contributed by atoms with van der Waals surface area (Å²) in [4.78, 5) is 25.1. The second-order valence-electron chi connectivity index (χ2n) is 4.55. The fourth-order valence-corrected chi connectivity index (χ4v) is 2.18. The molecule has 0 spiro atoms.